The first-order chi connectivity index (χ1) is 14.4. The monoisotopic (exact) mass is 430 g/mol. The van der Waals surface area contributed by atoms with Gasteiger partial charge in [0.1, 0.15) is 0 Å². The van der Waals surface area contributed by atoms with Crippen molar-refractivity contribution in [1.82, 2.24) is 9.73 Å². The molecule has 1 fully saturated rings. The van der Waals surface area contributed by atoms with Gasteiger partial charge >= 0.3 is 0 Å². The molecule has 30 heavy (non-hydrogen) atoms. The van der Waals surface area contributed by atoms with E-state index in [0.29, 0.717) is 32.0 Å². The Bertz CT molecular complexity index is 996. The zero-order chi connectivity index (χ0) is 21.6. The molecule has 1 amide bonds. The number of carbonyl (C=O) groups is 1. The van der Waals surface area contributed by atoms with Gasteiger partial charge in [-0.2, -0.15) is 9.41 Å². The van der Waals surface area contributed by atoms with Crippen molar-refractivity contribution in [2.75, 3.05) is 38.2 Å². The van der Waals surface area contributed by atoms with Crippen LogP contribution in [-0.2, 0) is 19.6 Å². The number of nitrogens with one attached hydrogen (secondary N) is 2. The summed E-state index contributed by atoms with van der Waals surface area (Å²) in [5, 5.41) is 7.13. The van der Waals surface area contributed by atoms with Gasteiger partial charge in [-0.15, -0.1) is 0 Å². The van der Waals surface area contributed by atoms with Gasteiger partial charge in [-0.1, -0.05) is 29.8 Å². The second kappa shape index (κ2) is 9.84. The van der Waals surface area contributed by atoms with Gasteiger partial charge in [0.15, 0.2) is 0 Å². The molecule has 2 aromatic rings. The molecule has 2 aromatic carbocycles. The Morgan fingerprint density at radius 1 is 1.07 bits per heavy atom. The average Bonchev–Trinajstić information content (AvgIpc) is 2.77. The fraction of sp³-hybridized carbons (Fsp3) is 0.333. The van der Waals surface area contributed by atoms with Crippen LogP contribution in [0.15, 0.2) is 58.5 Å². The van der Waals surface area contributed by atoms with Gasteiger partial charge < -0.3 is 10.1 Å². The highest BCUT2D eigenvalue weighted by Gasteiger charge is 2.26. The van der Waals surface area contributed by atoms with Crippen LogP contribution in [0.2, 0.25) is 0 Å². The Hall–Kier alpha value is -2.75. The van der Waals surface area contributed by atoms with E-state index in [1.54, 1.807) is 31.2 Å². The number of benzene rings is 2. The number of amides is 1. The quantitative estimate of drug-likeness (QED) is 0.517. The predicted molar refractivity (Wildman–Crippen MR) is 116 cm³/mol. The smallest absolute Gasteiger partial charge is 0.259 e. The van der Waals surface area contributed by atoms with Crippen LogP contribution in [-0.4, -0.2) is 57.2 Å². The van der Waals surface area contributed by atoms with E-state index in [4.69, 9.17) is 4.74 Å². The van der Waals surface area contributed by atoms with E-state index >= 15 is 0 Å². The molecular weight excluding hydrogens is 404 g/mol. The lowest BCUT2D eigenvalue weighted by atomic mass is 10.1. The molecule has 0 atom stereocenters. The molecule has 0 radical (unpaired) electrons. The van der Waals surface area contributed by atoms with Gasteiger partial charge in [0, 0.05) is 18.8 Å². The van der Waals surface area contributed by atoms with E-state index in [0.717, 1.165) is 16.8 Å². The number of sulfonamides is 1. The molecule has 160 valence electrons. The lowest BCUT2D eigenvalue weighted by Gasteiger charge is -2.26. The normalized spacial score (nSPS) is 15.6. The highest BCUT2D eigenvalue weighted by Crippen LogP contribution is 2.18. The van der Waals surface area contributed by atoms with E-state index in [1.165, 1.54) is 4.31 Å². The Balaban J connectivity index is 1.56. The van der Waals surface area contributed by atoms with Crippen LogP contribution in [0.5, 0.6) is 0 Å². The van der Waals surface area contributed by atoms with Gasteiger partial charge in [-0.25, -0.2) is 13.8 Å². The maximum Gasteiger partial charge on any atom is 0.259 e. The molecular formula is C21H26N4O4S. The van der Waals surface area contributed by atoms with Gasteiger partial charge in [0.2, 0.25) is 10.0 Å². The third-order valence-corrected chi connectivity index (χ3v) is 6.65. The molecule has 9 heteroatoms. The molecule has 0 saturated carbocycles. The van der Waals surface area contributed by atoms with Crippen LogP contribution in [0.1, 0.15) is 18.1 Å². The number of rotatable bonds is 7. The molecule has 8 nitrogen and oxygen atoms in total. The summed E-state index contributed by atoms with van der Waals surface area (Å²) in [7, 11) is -3.53. The molecule has 1 aliphatic heterocycles. The van der Waals surface area contributed by atoms with Crippen molar-refractivity contribution in [2.24, 2.45) is 5.10 Å². The largest absolute Gasteiger partial charge is 0.379 e. The molecule has 0 aromatic heterocycles. The zero-order valence-corrected chi connectivity index (χ0v) is 17.9. The molecule has 2 N–H and O–H groups in total. The van der Waals surface area contributed by atoms with Crippen LogP contribution in [0, 0.1) is 6.92 Å². The van der Waals surface area contributed by atoms with Crippen molar-refractivity contribution < 1.29 is 17.9 Å². The number of morpholine rings is 1. The summed E-state index contributed by atoms with van der Waals surface area (Å²) < 4.78 is 32.0. The highest BCUT2D eigenvalue weighted by atomic mass is 32.2. The minimum absolute atomic E-state index is 0.0938. The van der Waals surface area contributed by atoms with Crippen molar-refractivity contribution >= 4 is 27.3 Å². The van der Waals surface area contributed by atoms with E-state index in [1.807, 2.05) is 31.2 Å². The number of aryl methyl sites for hydroxylation is 1. The second-order valence-electron chi connectivity index (χ2n) is 6.99. The molecule has 1 aliphatic rings. The van der Waals surface area contributed by atoms with Gasteiger partial charge in [-0.3, -0.25) is 4.79 Å². The van der Waals surface area contributed by atoms with Crippen molar-refractivity contribution in [3.05, 3.63) is 59.7 Å². The first-order valence-electron chi connectivity index (χ1n) is 9.68. The molecule has 0 bridgehead atoms. The number of anilines is 1. The summed E-state index contributed by atoms with van der Waals surface area (Å²) in [6.07, 6.45) is 0. The minimum atomic E-state index is -3.53. The van der Waals surface area contributed by atoms with Gasteiger partial charge in [0.25, 0.3) is 5.91 Å². The summed E-state index contributed by atoms with van der Waals surface area (Å²) in [6.45, 7) is 5.36. The van der Waals surface area contributed by atoms with Crippen LogP contribution >= 0.6 is 0 Å². The first-order valence-corrected chi connectivity index (χ1v) is 11.1. The fourth-order valence-corrected chi connectivity index (χ4v) is 4.32. The van der Waals surface area contributed by atoms with Gasteiger partial charge in [0.05, 0.1) is 30.4 Å². The predicted octanol–water partition coefficient (Wildman–Crippen LogP) is 1.97. The lowest BCUT2D eigenvalue weighted by Crippen LogP contribution is -2.40. The third kappa shape index (κ3) is 5.65. The minimum Gasteiger partial charge on any atom is -0.379 e. The molecule has 0 unspecified atom stereocenters. The van der Waals surface area contributed by atoms with Crippen LogP contribution in [0.25, 0.3) is 0 Å². The Morgan fingerprint density at radius 3 is 2.33 bits per heavy atom. The van der Waals surface area contributed by atoms with E-state index < -0.39 is 10.0 Å². The number of ether oxygens (including phenoxy) is 1. The third-order valence-electron chi connectivity index (χ3n) is 4.73. The van der Waals surface area contributed by atoms with Gasteiger partial charge in [-0.05, 0) is 43.7 Å². The fourth-order valence-electron chi connectivity index (χ4n) is 2.91. The number of hydrazone groups is 1. The standard InChI is InChI=1S/C21H26N4O4S/c1-16-3-7-19(8-4-16)22-15-21(26)24-23-17(2)18-5-9-20(10-6-18)30(27,28)25-11-13-29-14-12-25/h3-10,22H,11-15H2,1-2H3,(H,24,26)/b23-17+. The maximum atomic E-state index is 12.7. The van der Waals surface area contributed by atoms with Crippen molar-refractivity contribution in [3.63, 3.8) is 0 Å². The second-order valence-corrected chi connectivity index (χ2v) is 8.93. The summed E-state index contributed by atoms with van der Waals surface area (Å²) in [5.41, 5.74) is 5.81. The Morgan fingerprint density at radius 2 is 1.70 bits per heavy atom. The number of nitrogens with zero attached hydrogens (tertiary/aromatic N) is 2. The topological polar surface area (TPSA) is 100 Å². The number of carbonyl (C=O) groups excluding carboxylic acids is 1. The number of hydrogen-bond acceptors (Lipinski definition) is 6. The summed E-state index contributed by atoms with van der Waals surface area (Å²) in [6, 6.07) is 14.2. The van der Waals surface area contributed by atoms with Crippen LogP contribution in [0.4, 0.5) is 5.69 Å². The van der Waals surface area contributed by atoms with Crippen molar-refractivity contribution in [3.8, 4) is 0 Å². The zero-order valence-electron chi connectivity index (χ0n) is 17.1. The average molecular weight is 431 g/mol. The van der Waals surface area contributed by atoms with E-state index in [-0.39, 0.29) is 17.3 Å². The molecule has 0 spiro atoms. The molecule has 1 heterocycles. The highest BCUT2D eigenvalue weighted by molar-refractivity contribution is 7.89. The van der Waals surface area contributed by atoms with Crippen LogP contribution < -0.4 is 10.7 Å². The summed E-state index contributed by atoms with van der Waals surface area (Å²) in [4.78, 5) is 12.2. The summed E-state index contributed by atoms with van der Waals surface area (Å²) >= 11 is 0. The molecule has 0 aliphatic carbocycles. The lowest BCUT2D eigenvalue weighted by molar-refractivity contribution is -0.119. The van der Waals surface area contributed by atoms with Crippen molar-refractivity contribution in [1.29, 1.82) is 0 Å². The number of hydrogen-bond donors (Lipinski definition) is 2. The maximum absolute atomic E-state index is 12.7. The molecule has 1 saturated heterocycles. The molecule has 3 rings (SSSR count). The SMILES string of the molecule is C/C(=N\NC(=O)CNc1ccc(C)cc1)c1ccc(S(=O)(=O)N2CCOCC2)cc1. The van der Waals surface area contributed by atoms with Crippen molar-refractivity contribution in [2.45, 2.75) is 18.7 Å². The summed E-state index contributed by atoms with van der Waals surface area (Å²) in [5.74, 6) is -0.276. The van der Waals surface area contributed by atoms with E-state index in [2.05, 4.69) is 15.8 Å². The van der Waals surface area contributed by atoms with E-state index in [9.17, 15) is 13.2 Å². The Kier molecular flexibility index (Phi) is 7.20. The Labute approximate surface area is 177 Å². The first kappa shape index (κ1) is 21.9. The van der Waals surface area contributed by atoms with Crippen LogP contribution in [0.3, 0.4) is 0 Å².